The molecule has 1 N–H and O–H groups in total. The standard InChI is InChI=1S/C21H27ClN4O3/c1-21(2,3)29-20(28)25-12-9-16(10-13-25)19(27)24-18-8-11-23-26(18)14-15-4-6-17(22)7-5-15/h4-8,11,16H,9-10,12-14H2,1-3H3,(H,24,27). The highest BCUT2D eigenvalue weighted by molar-refractivity contribution is 6.30. The number of benzene rings is 1. The van der Waals surface area contributed by atoms with Crippen LogP contribution in [-0.2, 0) is 16.1 Å². The molecule has 2 heterocycles. The van der Waals surface area contributed by atoms with Gasteiger partial charge in [-0.05, 0) is 51.3 Å². The number of likely N-dealkylation sites (tertiary alicyclic amines) is 1. The predicted molar refractivity (Wildman–Crippen MR) is 112 cm³/mol. The number of aromatic nitrogens is 2. The average Bonchev–Trinajstić information content (AvgIpc) is 3.09. The first-order valence-electron chi connectivity index (χ1n) is 9.76. The molecule has 1 fully saturated rings. The minimum absolute atomic E-state index is 0.0494. The Kier molecular flexibility index (Phi) is 6.47. The van der Waals surface area contributed by atoms with Crippen LogP contribution in [-0.4, -0.2) is 45.4 Å². The molecule has 8 heteroatoms. The van der Waals surface area contributed by atoms with E-state index in [1.54, 1.807) is 21.8 Å². The van der Waals surface area contributed by atoms with Gasteiger partial charge in [-0.25, -0.2) is 9.48 Å². The Hall–Kier alpha value is -2.54. The lowest BCUT2D eigenvalue weighted by atomic mass is 9.96. The number of halogens is 1. The number of piperidine rings is 1. The van der Waals surface area contributed by atoms with Crippen molar-refractivity contribution in [2.75, 3.05) is 18.4 Å². The van der Waals surface area contributed by atoms with Crippen molar-refractivity contribution in [3.05, 3.63) is 47.1 Å². The van der Waals surface area contributed by atoms with E-state index in [9.17, 15) is 9.59 Å². The lowest BCUT2D eigenvalue weighted by molar-refractivity contribution is -0.121. The third-order valence-electron chi connectivity index (χ3n) is 4.73. The zero-order chi connectivity index (χ0) is 21.0. The van der Waals surface area contributed by atoms with E-state index >= 15 is 0 Å². The summed E-state index contributed by atoms with van der Waals surface area (Å²) in [7, 11) is 0. The van der Waals surface area contributed by atoms with E-state index in [1.807, 2.05) is 45.0 Å². The highest BCUT2D eigenvalue weighted by atomic mass is 35.5. The molecule has 156 valence electrons. The Morgan fingerprint density at radius 3 is 2.45 bits per heavy atom. The molecule has 2 aromatic rings. The van der Waals surface area contributed by atoms with Crippen LogP contribution < -0.4 is 5.32 Å². The second-order valence-corrected chi connectivity index (χ2v) is 8.67. The third kappa shape index (κ3) is 5.97. The van der Waals surface area contributed by atoms with Gasteiger partial charge in [0.1, 0.15) is 11.4 Å². The van der Waals surface area contributed by atoms with E-state index in [2.05, 4.69) is 10.4 Å². The molecule has 1 aliphatic heterocycles. The SMILES string of the molecule is CC(C)(C)OC(=O)N1CCC(C(=O)Nc2ccnn2Cc2ccc(Cl)cc2)CC1. The van der Waals surface area contributed by atoms with Crippen molar-refractivity contribution in [1.29, 1.82) is 0 Å². The summed E-state index contributed by atoms with van der Waals surface area (Å²) in [6.45, 7) is 7.10. The van der Waals surface area contributed by atoms with Crippen LogP contribution in [0.4, 0.5) is 10.6 Å². The Labute approximate surface area is 176 Å². The monoisotopic (exact) mass is 418 g/mol. The van der Waals surface area contributed by atoms with Crippen molar-refractivity contribution in [3.63, 3.8) is 0 Å². The number of anilines is 1. The van der Waals surface area contributed by atoms with Crippen molar-refractivity contribution < 1.29 is 14.3 Å². The summed E-state index contributed by atoms with van der Waals surface area (Å²) in [5, 5.41) is 7.96. The van der Waals surface area contributed by atoms with Crippen molar-refractivity contribution in [3.8, 4) is 0 Å². The van der Waals surface area contributed by atoms with Gasteiger partial charge in [0.05, 0.1) is 12.7 Å². The number of nitrogens with one attached hydrogen (secondary N) is 1. The largest absolute Gasteiger partial charge is 0.444 e. The molecule has 0 unspecified atom stereocenters. The highest BCUT2D eigenvalue weighted by Gasteiger charge is 2.30. The lowest BCUT2D eigenvalue weighted by Gasteiger charge is -2.32. The number of hydrogen-bond acceptors (Lipinski definition) is 4. The van der Waals surface area contributed by atoms with E-state index in [0.29, 0.717) is 43.3 Å². The van der Waals surface area contributed by atoms with Gasteiger partial charge in [-0.3, -0.25) is 4.79 Å². The van der Waals surface area contributed by atoms with Crippen LogP contribution in [0.1, 0.15) is 39.2 Å². The smallest absolute Gasteiger partial charge is 0.410 e. The van der Waals surface area contributed by atoms with Gasteiger partial charge in [0.2, 0.25) is 5.91 Å². The summed E-state index contributed by atoms with van der Waals surface area (Å²) in [6.07, 6.45) is 2.56. The minimum atomic E-state index is -0.520. The van der Waals surface area contributed by atoms with Crippen molar-refractivity contribution >= 4 is 29.4 Å². The summed E-state index contributed by atoms with van der Waals surface area (Å²) in [5.41, 5.74) is 0.521. The molecule has 1 aliphatic rings. The maximum atomic E-state index is 12.7. The number of rotatable bonds is 4. The van der Waals surface area contributed by atoms with Crippen LogP contribution >= 0.6 is 11.6 Å². The van der Waals surface area contributed by atoms with Gasteiger partial charge in [-0.15, -0.1) is 0 Å². The first kappa shape index (κ1) is 21.2. The summed E-state index contributed by atoms with van der Waals surface area (Å²) in [5.74, 6) is 0.457. The highest BCUT2D eigenvalue weighted by Crippen LogP contribution is 2.22. The molecule has 29 heavy (non-hydrogen) atoms. The fourth-order valence-electron chi connectivity index (χ4n) is 3.21. The zero-order valence-electron chi connectivity index (χ0n) is 17.0. The van der Waals surface area contributed by atoms with Gasteiger partial charge in [-0.2, -0.15) is 5.10 Å². The van der Waals surface area contributed by atoms with Gasteiger partial charge in [0.25, 0.3) is 0 Å². The maximum absolute atomic E-state index is 12.7. The molecule has 0 bridgehead atoms. The fourth-order valence-corrected chi connectivity index (χ4v) is 3.33. The van der Waals surface area contributed by atoms with Gasteiger partial charge >= 0.3 is 6.09 Å². The molecular weight excluding hydrogens is 392 g/mol. The van der Waals surface area contributed by atoms with Crippen molar-refractivity contribution in [2.45, 2.75) is 45.8 Å². The Morgan fingerprint density at radius 2 is 1.83 bits per heavy atom. The topological polar surface area (TPSA) is 76.5 Å². The summed E-state index contributed by atoms with van der Waals surface area (Å²) < 4.78 is 7.15. The molecule has 7 nitrogen and oxygen atoms in total. The number of carbonyl (C=O) groups is 2. The first-order chi connectivity index (χ1) is 13.7. The molecule has 0 atom stereocenters. The number of carbonyl (C=O) groups excluding carboxylic acids is 2. The van der Waals surface area contributed by atoms with Gasteiger partial charge in [0.15, 0.2) is 0 Å². The van der Waals surface area contributed by atoms with Crippen LogP contribution in [0.5, 0.6) is 0 Å². The Morgan fingerprint density at radius 1 is 1.17 bits per heavy atom. The molecule has 0 radical (unpaired) electrons. The number of nitrogens with zero attached hydrogens (tertiary/aromatic N) is 3. The lowest BCUT2D eigenvalue weighted by Crippen LogP contribution is -2.43. The normalized spacial score (nSPS) is 15.2. The number of hydrogen-bond donors (Lipinski definition) is 1. The molecule has 2 amide bonds. The van der Waals surface area contributed by atoms with Crippen LogP contribution in [0.3, 0.4) is 0 Å². The molecular formula is C21H27ClN4O3. The number of ether oxygens (including phenoxy) is 1. The molecule has 0 aliphatic carbocycles. The quantitative estimate of drug-likeness (QED) is 0.808. The van der Waals surface area contributed by atoms with E-state index in [-0.39, 0.29) is 17.9 Å². The molecule has 0 spiro atoms. The average molecular weight is 419 g/mol. The van der Waals surface area contributed by atoms with Crippen molar-refractivity contribution in [2.24, 2.45) is 5.92 Å². The summed E-state index contributed by atoms with van der Waals surface area (Å²) >= 11 is 5.93. The van der Waals surface area contributed by atoms with Gasteiger partial charge < -0.3 is 15.0 Å². The molecule has 0 saturated carbocycles. The van der Waals surface area contributed by atoms with E-state index in [0.717, 1.165) is 5.56 Å². The Bertz CT molecular complexity index is 850. The van der Waals surface area contributed by atoms with Crippen LogP contribution in [0, 0.1) is 5.92 Å². The fraction of sp³-hybridized carbons (Fsp3) is 0.476. The maximum Gasteiger partial charge on any atom is 0.410 e. The van der Waals surface area contributed by atoms with E-state index in [4.69, 9.17) is 16.3 Å². The molecule has 1 aromatic carbocycles. The second-order valence-electron chi connectivity index (χ2n) is 8.23. The predicted octanol–water partition coefficient (Wildman–Crippen LogP) is 4.17. The minimum Gasteiger partial charge on any atom is -0.444 e. The van der Waals surface area contributed by atoms with Gasteiger partial charge in [-0.1, -0.05) is 23.7 Å². The van der Waals surface area contributed by atoms with Crippen LogP contribution in [0.2, 0.25) is 5.02 Å². The van der Waals surface area contributed by atoms with E-state index < -0.39 is 5.60 Å². The Balaban J connectivity index is 1.54. The van der Waals surface area contributed by atoms with E-state index in [1.165, 1.54) is 0 Å². The molecule has 3 rings (SSSR count). The third-order valence-corrected chi connectivity index (χ3v) is 4.98. The van der Waals surface area contributed by atoms with Crippen LogP contribution in [0.25, 0.3) is 0 Å². The van der Waals surface area contributed by atoms with Crippen molar-refractivity contribution in [1.82, 2.24) is 14.7 Å². The van der Waals surface area contributed by atoms with Crippen LogP contribution in [0.15, 0.2) is 36.5 Å². The second kappa shape index (κ2) is 8.86. The zero-order valence-corrected chi connectivity index (χ0v) is 17.8. The number of amides is 2. The summed E-state index contributed by atoms with van der Waals surface area (Å²) in [6, 6.07) is 9.31. The molecule has 1 aromatic heterocycles. The van der Waals surface area contributed by atoms with Gasteiger partial charge in [0, 0.05) is 30.1 Å². The first-order valence-corrected chi connectivity index (χ1v) is 10.1. The summed E-state index contributed by atoms with van der Waals surface area (Å²) in [4.78, 5) is 26.6. The molecule has 1 saturated heterocycles.